The number of esters is 1. The summed E-state index contributed by atoms with van der Waals surface area (Å²) in [6, 6.07) is 5.69. The van der Waals surface area contributed by atoms with Crippen LogP contribution in [0.2, 0.25) is 0 Å². The molecule has 0 aliphatic rings. The largest absolute Gasteiger partial charge is 0.466 e. The number of carbonyl (C=O) groups excluding carboxylic acids is 1. The Morgan fingerprint density at radius 2 is 2.20 bits per heavy atom. The molecule has 0 radical (unpaired) electrons. The molecular formula is C12H17NO2. The summed E-state index contributed by atoms with van der Waals surface area (Å²) in [5, 5.41) is 0. The van der Waals surface area contributed by atoms with Crippen LogP contribution in [0.1, 0.15) is 30.9 Å². The number of hydrogen-bond acceptors (Lipinski definition) is 3. The maximum absolute atomic E-state index is 11.5. The van der Waals surface area contributed by atoms with Crippen molar-refractivity contribution >= 4 is 11.7 Å². The summed E-state index contributed by atoms with van der Waals surface area (Å²) in [7, 11) is 0. The molecule has 0 aliphatic heterocycles. The van der Waals surface area contributed by atoms with Gasteiger partial charge in [-0.15, -0.1) is 0 Å². The van der Waals surface area contributed by atoms with E-state index in [1.165, 1.54) is 0 Å². The minimum Gasteiger partial charge on any atom is -0.466 e. The standard InChI is InChI=1S/C12H17NO2/c1-4-15-12(14)9(3)10-6-5-8(2)7-11(10)13/h5-7,9H,4,13H2,1-3H3. The van der Waals surface area contributed by atoms with Gasteiger partial charge >= 0.3 is 5.97 Å². The summed E-state index contributed by atoms with van der Waals surface area (Å²) in [6.45, 7) is 5.96. The maximum Gasteiger partial charge on any atom is 0.313 e. The lowest BCUT2D eigenvalue weighted by Gasteiger charge is -2.13. The van der Waals surface area contributed by atoms with Gasteiger partial charge in [-0.25, -0.2) is 0 Å². The molecule has 0 fully saturated rings. The van der Waals surface area contributed by atoms with E-state index in [9.17, 15) is 4.79 Å². The number of hydrogen-bond donors (Lipinski definition) is 1. The minimum absolute atomic E-state index is 0.229. The predicted molar refractivity (Wildman–Crippen MR) is 60.6 cm³/mol. The molecule has 2 N–H and O–H groups in total. The lowest BCUT2D eigenvalue weighted by Crippen LogP contribution is -2.14. The van der Waals surface area contributed by atoms with E-state index in [0.717, 1.165) is 11.1 Å². The third-order valence-corrected chi connectivity index (χ3v) is 2.35. The van der Waals surface area contributed by atoms with E-state index in [0.29, 0.717) is 12.3 Å². The fourth-order valence-corrected chi connectivity index (χ4v) is 1.48. The van der Waals surface area contributed by atoms with Crippen LogP contribution in [0, 0.1) is 6.92 Å². The van der Waals surface area contributed by atoms with Crippen molar-refractivity contribution in [2.45, 2.75) is 26.7 Å². The second-order valence-corrected chi connectivity index (χ2v) is 3.61. The zero-order valence-electron chi connectivity index (χ0n) is 9.41. The van der Waals surface area contributed by atoms with Gasteiger partial charge in [0.25, 0.3) is 0 Å². The summed E-state index contributed by atoms with van der Waals surface area (Å²) in [4.78, 5) is 11.5. The Bertz CT molecular complexity index is 361. The van der Waals surface area contributed by atoms with Crippen molar-refractivity contribution in [3.05, 3.63) is 29.3 Å². The highest BCUT2D eigenvalue weighted by Crippen LogP contribution is 2.24. The first-order chi connectivity index (χ1) is 7.06. The predicted octanol–water partition coefficient (Wildman–Crippen LogP) is 2.24. The summed E-state index contributed by atoms with van der Waals surface area (Å²) in [6.07, 6.45) is 0. The molecule has 0 heterocycles. The monoisotopic (exact) mass is 207 g/mol. The van der Waals surface area contributed by atoms with Gasteiger partial charge in [0.2, 0.25) is 0 Å². The second-order valence-electron chi connectivity index (χ2n) is 3.61. The maximum atomic E-state index is 11.5. The average Bonchev–Trinajstić information content (AvgIpc) is 2.17. The van der Waals surface area contributed by atoms with Crippen LogP contribution in [0.25, 0.3) is 0 Å². The topological polar surface area (TPSA) is 52.3 Å². The molecule has 0 aliphatic carbocycles. The third kappa shape index (κ3) is 2.72. The Kier molecular flexibility index (Phi) is 3.72. The summed E-state index contributed by atoms with van der Waals surface area (Å²) in [5.74, 6) is -0.529. The second kappa shape index (κ2) is 4.82. The molecule has 1 rings (SSSR count). The van der Waals surface area contributed by atoms with Crippen molar-refractivity contribution in [3.63, 3.8) is 0 Å². The molecule has 0 spiro atoms. The van der Waals surface area contributed by atoms with Crippen LogP contribution in [-0.4, -0.2) is 12.6 Å². The number of aryl methyl sites for hydroxylation is 1. The van der Waals surface area contributed by atoms with E-state index in [2.05, 4.69) is 0 Å². The fraction of sp³-hybridized carbons (Fsp3) is 0.417. The molecule has 3 nitrogen and oxygen atoms in total. The zero-order chi connectivity index (χ0) is 11.4. The molecule has 1 aromatic carbocycles. The molecule has 0 saturated heterocycles. The zero-order valence-corrected chi connectivity index (χ0v) is 9.41. The third-order valence-electron chi connectivity index (χ3n) is 2.35. The Labute approximate surface area is 90.2 Å². The number of anilines is 1. The van der Waals surface area contributed by atoms with Crippen molar-refractivity contribution in [2.75, 3.05) is 12.3 Å². The molecule has 0 amide bonds. The van der Waals surface area contributed by atoms with E-state index < -0.39 is 0 Å². The lowest BCUT2D eigenvalue weighted by atomic mass is 9.98. The van der Waals surface area contributed by atoms with Crippen molar-refractivity contribution in [3.8, 4) is 0 Å². The van der Waals surface area contributed by atoms with Crippen LogP contribution in [0.5, 0.6) is 0 Å². The first-order valence-corrected chi connectivity index (χ1v) is 5.09. The average molecular weight is 207 g/mol. The van der Waals surface area contributed by atoms with Crippen LogP contribution in [-0.2, 0) is 9.53 Å². The van der Waals surface area contributed by atoms with Crippen LogP contribution in [0.15, 0.2) is 18.2 Å². The highest BCUT2D eigenvalue weighted by atomic mass is 16.5. The first-order valence-electron chi connectivity index (χ1n) is 5.09. The molecule has 82 valence electrons. The Morgan fingerprint density at radius 3 is 2.73 bits per heavy atom. The molecule has 0 saturated carbocycles. The van der Waals surface area contributed by atoms with Gasteiger partial charge in [-0.2, -0.15) is 0 Å². The van der Waals surface area contributed by atoms with Crippen molar-refractivity contribution in [1.82, 2.24) is 0 Å². The normalized spacial score (nSPS) is 12.2. The Balaban J connectivity index is 2.91. The van der Waals surface area contributed by atoms with E-state index in [-0.39, 0.29) is 11.9 Å². The number of carbonyl (C=O) groups is 1. The van der Waals surface area contributed by atoms with Crippen molar-refractivity contribution in [2.24, 2.45) is 0 Å². The molecule has 15 heavy (non-hydrogen) atoms. The summed E-state index contributed by atoms with van der Waals surface area (Å²) in [5.41, 5.74) is 8.42. The van der Waals surface area contributed by atoms with Gasteiger partial charge in [-0.3, -0.25) is 4.79 Å². The molecule has 1 atom stereocenters. The number of ether oxygens (including phenoxy) is 1. The van der Waals surface area contributed by atoms with Crippen molar-refractivity contribution < 1.29 is 9.53 Å². The number of benzene rings is 1. The Morgan fingerprint density at radius 1 is 1.53 bits per heavy atom. The number of nitrogens with two attached hydrogens (primary N) is 1. The van der Waals surface area contributed by atoms with Crippen LogP contribution < -0.4 is 5.73 Å². The number of nitrogen functional groups attached to an aromatic ring is 1. The molecule has 0 bridgehead atoms. The van der Waals surface area contributed by atoms with Crippen LogP contribution in [0.3, 0.4) is 0 Å². The summed E-state index contributed by atoms with van der Waals surface area (Å²) < 4.78 is 4.95. The minimum atomic E-state index is -0.300. The SMILES string of the molecule is CCOC(=O)C(C)c1ccc(C)cc1N. The fourth-order valence-electron chi connectivity index (χ4n) is 1.48. The molecule has 1 aromatic rings. The lowest BCUT2D eigenvalue weighted by molar-refractivity contribution is -0.144. The molecular weight excluding hydrogens is 190 g/mol. The van der Waals surface area contributed by atoms with Gasteiger partial charge in [0.05, 0.1) is 12.5 Å². The van der Waals surface area contributed by atoms with Crippen LogP contribution >= 0.6 is 0 Å². The van der Waals surface area contributed by atoms with Gasteiger partial charge < -0.3 is 10.5 Å². The van der Waals surface area contributed by atoms with E-state index in [4.69, 9.17) is 10.5 Å². The molecule has 3 heteroatoms. The van der Waals surface area contributed by atoms with Gasteiger partial charge in [-0.1, -0.05) is 12.1 Å². The van der Waals surface area contributed by atoms with E-state index in [1.54, 1.807) is 13.8 Å². The smallest absolute Gasteiger partial charge is 0.313 e. The van der Waals surface area contributed by atoms with E-state index >= 15 is 0 Å². The molecule has 1 unspecified atom stereocenters. The van der Waals surface area contributed by atoms with Gasteiger partial charge in [0, 0.05) is 5.69 Å². The van der Waals surface area contributed by atoms with Crippen LogP contribution in [0.4, 0.5) is 5.69 Å². The van der Waals surface area contributed by atoms with Gasteiger partial charge in [0.15, 0.2) is 0 Å². The highest BCUT2D eigenvalue weighted by Gasteiger charge is 2.18. The number of rotatable bonds is 3. The first kappa shape index (κ1) is 11.6. The van der Waals surface area contributed by atoms with E-state index in [1.807, 2.05) is 25.1 Å². The van der Waals surface area contributed by atoms with Gasteiger partial charge in [0.1, 0.15) is 0 Å². The quantitative estimate of drug-likeness (QED) is 0.611. The molecule has 0 aromatic heterocycles. The highest BCUT2D eigenvalue weighted by molar-refractivity contribution is 5.80. The Hall–Kier alpha value is -1.51. The van der Waals surface area contributed by atoms with Gasteiger partial charge in [-0.05, 0) is 38.0 Å². The summed E-state index contributed by atoms with van der Waals surface area (Å²) >= 11 is 0. The van der Waals surface area contributed by atoms with Crippen molar-refractivity contribution in [1.29, 1.82) is 0 Å².